The third-order valence-corrected chi connectivity index (χ3v) is 4.43. The van der Waals surface area contributed by atoms with Crippen molar-refractivity contribution in [3.63, 3.8) is 0 Å². The van der Waals surface area contributed by atoms with Crippen molar-refractivity contribution in [2.24, 2.45) is 0 Å². The van der Waals surface area contributed by atoms with E-state index in [1.54, 1.807) is 0 Å². The van der Waals surface area contributed by atoms with Gasteiger partial charge in [0, 0.05) is 30.8 Å². The first-order valence-corrected chi connectivity index (χ1v) is 8.45. The molecule has 0 fully saturated rings. The molecular formula is C18H22N6. The summed E-state index contributed by atoms with van der Waals surface area (Å²) in [5, 5.41) is 12.5. The SMILES string of the molecule is Cc1nc2n(n1)CC(NCc1cnn(Cc3ccccc3)c1)CC2. The maximum atomic E-state index is 4.46. The Labute approximate surface area is 141 Å². The van der Waals surface area contributed by atoms with Crippen LogP contribution in [0.3, 0.4) is 0 Å². The monoisotopic (exact) mass is 322 g/mol. The lowest BCUT2D eigenvalue weighted by molar-refractivity contribution is 0.357. The fourth-order valence-corrected chi connectivity index (χ4v) is 3.22. The van der Waals surface area contributed by atoms with Gasteiger partial charge in [0.1, 0.15) is 11.6 Å². The van der Waals surface area contributed by atoms with E-state index >= 15 is 0 Å². The second kappa shape index (κ2) is 6.57. The first-order chi connectivity index (χ1) is 11.8. The molecule has 0 saturated heterocycles. The lowest BCUT2D eigenvalue weighted by Crippen LogP contribution is -2.37. The fraction of sp³-hybridized carbons (Fsp3) is 0.389. The first-order valence-electron chi connectivity index (χ1n) is 8.45. The number of nitrogens with one attached hydrogen (secondary N) is 1. The molecule has 0 saturated carbocycles. The van der Waals surface area contributed by atoms with Crippen LogP contribution in [0.15, 0.2) is 42.7 Å². The molecule has 24 heavy (non-hydrogen) atoms. The van der Waals surface area contributed by atoms with Crippen LogP contribution < -0.4 is 5.32 Å². The minimum atomic E-state index is 0.441. The highest BCUT2D eigenvalue weighted by Crippen LogP contribution is 2.13. The molecule has 2 aromatic heterocycles. The molecule has 1 aliphatic heterocycles. The Hall–Kier alpha value is -2.47. The average molecular weight is 322 g/mol. The van der Waals surface area contributed by atoms with Crippen LogP contribution >= 0.6 is 0 Å². The van der Waals surface area contributed by atoms with Gasteiger partial charge in [-0.1, -0.05) is 30.3 Å². The summed E-state index contributed by atoms with van der Waals surface area (Å²) < 4.78 is 4.03. The Balaban J connectivity index is 1.32. The molecule has 4 rings (SSSR count). The zero-order valence-corrected chi connectivity index (χ0v) is 13.9. The lowest BCUT2D eigenvalue weighted by Gasteiger charge is -2.23. The summed E-state index contributed by atoms with van der Waals surface area (Å²) in [5.41, 5.74) is 2.48. The van der Waals surface area contributed by atoms with Crippen molar-refractivity contribution in [2.45, 2.75) is 45.4 Å². The van der Waals surface area contributed by atoms with Crippen molar-refractivity contribution in [2.75, 3.05) is 0 Å². The molecule has 3 heterocycles. The standard InChI is InChI=1S/C18H22N6/c1-14-21-18-8-7-17(13-24(18)22-14)19-9-16-10-20-23(12-16)11-15-5-3-2-4-6-15/h2-6,10,12,17,19H,7-9,11,13H2,1H3. The Morgan fingerprint density at radius 2 is 2.08 bits per heavy atom. The summed E-state index contributed by atoms with van der Waals surface area (Å²) in [7, 11) is 0. The van der Waals surface area contributed by atoms with Crippen LogP contribution in [-0.2, 0) is 26.1 Å². The van der Waals surface area contributed by atoms with Crippen LogP contribution in [0.2, 0.25) is 0 Å². The maximum Gasteiger partial charge on any atom is 0.147 e. The highest BCUT2D eigenvalue weighted by atomic mass is 15.4. The number of aromatic nitrogens is 5. The largest absolute Gasteiger partial charge is 0.308 e. The summed E-state index contributed by atoms with van der Waals surface area (Å²) in [6.45, 7) is 4.50. The molecule has 1 atom stereocenters. The van der Waals surface area contributed by atoms with Crippen molar-refractivity contribution in [1.29, 1.82) is 0 Å². The minimum Gasteiger partial charge on any atom is -0.308 e. The summed E-state index contributed by atoms with van der Waals surface area (Å²) in [4.78, 5) is 4.46. The molecule has 1 unspecified atom stereocenters. The van der Waals surface area contributed by atoms with Crippen LogP contribution in [-0.4, -0.2) is 30.6 Å². The van der Waals surface area contributed by atoms with Gasteiger partial charge in [-0.05, 0) is 18.9 Å². The number of aryl methyl sites for hydroxylation is 2. The molecule has 6 heteroatoms. The number of hydrogen-bond donors (Lipinski definition) is 1. The van der Waals surface area contributed by atoms with Crippen molar-refractivity contribution in [1.82, 2.24) is 29.9 Å². The van der Waals surface area contributed by atoms with Crippen LogP contribution in [0.25, 0.3) is 0 Å². The quantitative estimate of drug-likeness (QED) is 0.780. The van der Waals surface area contributed by atoms with E-state index in [1.165, 1.54) is 11.1 Å². The molecule has 0 spiro atoms. The van der Waals surface area contributed by atoms with E-state index in [0.29, 0.717) is 6.04 Å². The van der Waals surface area contributed by atoms with E-state index in [0.717, 1.165) is 44.1 Å². The number of nitrogens with zero attached hydrogens (tertiary/aromatic N) is 5. The fourth-order valence-electron chi connectivity index (χ4n) is 3.22. The van der Waals surface area contributed by atoms with Gasteiger partial charge in [-0.2, -0.15) is 10.2 Å². The molecule has 0 amide bonds. The molecule has 0 aliphatic carbocycles. The molecule has 6 nitrogen and oxygen atoms in total. The van der Waals surface area contributed by atoms with Gasteiger partial charge in [-0.3, -0.25) is 4.68 Å². The van der Waals surface area contributed by atoms with Gasteiger partial charge in [-0.25, -0.2) is 9.67 Å². The van der Waals surface area contributed by atoms with Crippen molar-refractivity contribution >= 4 is 0 Å². The van der Waals surface area contributed by atoms with Gasteiger partial charge in [0.05, 0.1) is 19.3 Å². The van der Waals surface area contributed by atoms with Crippen molar-refractivity contribution < 1.29 is 0 Å². The zero-order valence-electron chi connectivity index (χ0n) is 13.9. The molecule has 1 aromatic carbocycles. The number of hydrogen-bond acceptors (Lipinski definition) is 4. The second-order valence-electron chi connectivity index (χ2n) is 6.41. The van der Waals surface area contributed by atoms with Gasteiger partial charge < -0.3 is 5.32 Å². The Morgan fingerprint density at radius 3 is 2.96 bits per heavy atom. The second-order valence-corrected chi connectivity index (χ2v) is 6.41. The summed E-state index contributed by atoms with van der Waals surface area (Å²) in [5.74, 6) is 1.98. The van der Waals surface area contributed by atoms with Gasteiger partial charge in [-0.15, -0.1) is 0 Å². The molecular weight excluding hydrogens is 300 g/mol. The Kier molecular flexibility index (Phi) is 4.13. The number of fused-ring (bicyclic) bond motifs is 1. The summed E-state index contributed by atoms with van der Waals surface area (Å²) in [6.07, 6.45) is 6.17. The predicted molar refractivity (Wildman–Crippen MR) is 91.5 cm³/mol. The molecule has 1 aliphatic rings. The third-order valence-electron chi connectivity index (χ3n) is 4.43. The first kappa shape index (κ1) is 15.1. The predicted octanol–water partition coefficient (Wildman–Crippen LogP) is 1.94. The van der Waals surface area contributed by atoms with Gasteiger partial charge in [0.2, 0.25) is 0 Å². The number of rotatable bonds is 5. The van der Waals surface area contributed by atoms with Crippen LogP contribution in [0, 0.1) is 6.92 Å². The van der Waals surface area contributed by atoms with Crippen molar-refractivity contribution in [3.05, 3.63) is 65.5 Å². The zero-order chi connectivity index (χ0) is 16.4. The van der Waals surface area contributed by atoms with E-state index in [4.69, 9.17) is 0 Å². The summed E-state index contributed by atoms with van der Waals surface area (Å²) in [6, 6.07) is 10.8. The van der Waals surface area contributed by atoms with Gasteiger partial charge in [0.25, 0.3) is 0 Å². The molecule has 3 aromatic rings. The van der Waals surface area contributed by atoms with E-state index in [1.807, 2.05) is 28.6 Å². The van der Waals surface area contributed by atoms with E-state index in [9.17, 15) is 0 Å². The van der Waals surface area contributed by atoms with Crippen LogP contribution in [0.4, 0.5) is 0 Å². The van der Waals surface area contributed by atoms with Gasteiger partial charge >= 0.3 is 0 Å². The molecule has 0 bridgehead atoms. The molecule has 0 radical (unpaired) electrons. The maximum absolute atomic E-state index is 4.46. The van der Waals surface area contributed by atoms with E-state index in [2.05, 4.69) is 51.0 Å². The topological polar surface area (TPSA) is 60.6 Å². The van der Waals surface area contributed by atoms with E-state index < -0.39 is 0 Å². The lowest BCUT2D eigenvalue weighted by atomic mass is 10.1. The smallest absolute Gasteiger partial charge is 0.147 e. The highest BCUT2D eigenvalue weighted by Gasteiger charge is 2.20. The highest BCUT2D eigenvalue weighted by molar-refractivity contribution is 5.15. The van der Waals surface area contributed by atoms with E-state index in [-0.39, 0.29) is 0 Å². The molecule has 124 valence electrons. The normalized spacial score (nSPS) is 17.0. The number of benzene rings is 1. The minimum absolute atomic E-state index is 0.441. The Morgan fingerprint density at radius 1 is 1.21 bits per heavy atom. The molecule has 1 N–H and O–H groups in total. The Bertz CT molecular complexity index is 804. The van der Waals surface area contributed by atoms with Gasteiger partial charge in [0.15, 0.2) is 0 Å². The average Bonchev–Trinajstić information content (AvgIpc) is 3.18. The van der Waals surface area contributed by atoms with Crippen LogP contribution in [0.5, 0.6) is 0 Å². The third kappa shape index (κ3) is 3.38. The summed E-state index contributed by atoms with van der Waals surface area (Å²) >= 11 is 0. The van der Waals surface area contributed by atoms with Crippen LogP contribution in [0.1, 0.15) is 29.2 Å². The van der Waals surface area contributed by atoms with Crippen molar-refractivity contribution in [3.8, 4) is 0 Å².